The Bertz CT molecular complexity index is 749. The summed E-state index contributed by atoms with van der Waals surface area (Å²) in [4.78, 5) is 25.2. The lowest BCUT2D eigenvalue weighted by atomic mass is 9.99. The van der Waals surface area contributed by atoms with Gasteiger partial charge in [-0.2, -0.15) is 4.80 Å². The highest BCUT2D eigenvalue weighted by atomic mass is 79.9. The van der Waals surface area contributed by atoms with Gasteiger partial charge < -0.3 is 10.1 Å². The van der Waals surface area contributed by atoms with Crippen LogP contribution in [0.2, 0.25) is 0 Å². The molecule has 0 spiro atoms. The van der Waals surface area contributed by atoms with Gasteiger partial charge in [-0.15, -0.1) is 10.2 Å². The quantitative estimate of drug-likeness (QED) is 0.699. The molecule has 0 saturated heterocycles. The minimum Gasteiger partial charge on any atom is -0.467 e. The largest absolute Gasteiger partial charge is 0.467 e. The van der Waals surface area contributed by atoms with Crippen LogP contribution in [0.1, 0.15) is 20.3 Å². The van der Waals surface area contributed by atoms with Crippen molar-refractivity contribution in [3.63, 3.8) is 0 Å². The third kappa shape index (κ3) is 4.85. The molecular weight excluding hydrogens is 390 g/mol. The van der Waals surface area contributed by atoms with Gasteiger partial charge in [-0.25, -0.2) is 4.79 Å². The van der Waals surface area contributed by atoms with Crippen LogP contribution in [-0.4, -0.2) is 45.2 Å². The summed E-state index contributed by atoms with van der Waals surface area (Å²) in [6, 6.07) is 6.76. The zero-order chi connectivity index (χ0) is 18.4. The maximum absolute atomic E-state index is 12.2. The van der Waals surface area contributed by atoms with Crippen LogP contribution in [0.5, 0.6) is 0 Å². The molecule has 0 aliphatic carbocycles. The second-order valence-corrected chi connectivity index (χ2v) is 6.43. The van der Waals surface area contributed by atoms with E-state index >= 15 is 0 Å². The lowest BCUT2D eigenvalue weighted by molar-refractivity contribution is -0.146. The summed E-state index contributed by atoms with van der Waals surface area (Å²) in [5.41, 5.74) is 0.779. The van der Waals surface area contributed by atoms with Crippen molar-refractivity contribution in [3.8, 4) is 11.4 Å². The molecule has 1 aromatic heterocycles. The van der Waals surface area contributed by atoms with Gasteiger partial charge in [-0.3, -0.25) is 4.79 Å². The van der Waals surface area contributed by atoms with Crippen molar-refractivity contribution in [1.29, 1.82) is 0 Å². The molecule has 8 nitrogen and oxygen atoms in total. The Balaban J connectivity index is 2.06. The molecule has 0 unspecified atom stereocenters. The van der Waals surface area contributed by atoms with E-state index in [0.717, 1.165) is 16.5 Å². The fraction of sp³-hybridized carbons (Fsp3) is 0.438. The summed E-state index contributed by atoms with van der Waals surface area (Å²) in [6.45, 7) is 3.68. The highest BCUT2D eigenvalue weighted by molar-refractivity contribution is 9.10. The summed E-state index contributed by atoms with van der Waals surface area (Å²) < 4.78 is 5.59. The zero-order valence-corrected chi connectivity index (χ0v) is 15.9. The maximum atomic E-state index is 12.2. The summed E-state index contributed by atoms with van der Waals surface area (Å²) >= 11 is 3.43. The number of nitrogens with one attached hydrogen (secondary N) is 1. The SMILES string of the molecule is CC[C@@H](C)[C@H](NC(=O)Cn1nnc(-c2ccccc2Br)n1)C(=O)OC. The first kappa shape index (κ1) is 19.0. The number of benzene rings is 1. The van der Waals surface area contributed by atoms with E-state index in [1.165, 1.54) is 11.9 Å². The van der Waals surface area contributed by atoms with Gasteiger partial charge in [0.2, 0.25) is 11.7 Å². The fourth-order valence-electron chi connectivity index (χ4n) is 2.20. The average Bonchev–Trinajstić information content (AvgIpc) is 3.06. The fourth-order valence-corrected chi connectivity index (χ4v) is 2.67. The molecule has 2 aromatic rings. The van der Waals surface area contributed by atoms with E-state index in [2.05, 4.69) is 36.7 Å². The second-order valence-electron chi connectivity index (χ2n) is 5.58. The second kappa shape index (κ2) is 8.70. The number of carbonyl (C=O) groups excluding carboxylic acids is 2. The minimum atomic E-state index is -0.700. The molecule has 9 heteroatoms. The molecule has 2 rings (SSSR count). The molecule has 2 atom stereocenters. The Morgan fingerprint density at radius 2 is 2.08 bits per heavy atom. The summed E-state index contributed by atoms with van der Waals surface area (Å²) in [5.74, 6) is -0.488. The van der Waals surface area contributed by atoms with Gasteiger partial charge in [0, 0.05) is 10.0 Å². The number of halogens is 1. The molecular formula is C16H20BrN5O3. The number of methoxy groups -OCH3 is 1. The van der Waals surface area contributed by atoms with Gasteiger partial charge in [0.25, 0.3) is 0 Å². The molecule has 134 valence electrons. The summed E-state index contributed by atoms with van der Waals surface area (Å²) in [5, 5.41) is 14.7. The van der Waals surface area contributed by atoms with Crippen LogP contribution in [0.4, 0.5) is 0 Å². The smallest absolute Gasteiger partial charge is 0.328 e. The van der Waals surface area contributed by atoms with Crippen LogP contribution in [-0.2, 0) is 20.9 Å². The zero-order valence-electron chi connectivity index (χ0n) is 14.3. The molecule has 1 aromatic carbocycles. The van der Waals surface area contributed by atoms with Gasteiger partial charge in [-0.1, -0.05) is 48.3 Å². The molecule has 1 amide bonds. The van der Waals surface area contributed by atoms with Gasteiger partial charge in [0.1, 0.15) is 12.6 Å². The van der Waals surface area contributed by atoms with Crippen molar-refractivity contribution in [2.45, 2.75) is 32.9 Å². The molecule has 0 aliphatic rings. The molecule has 0 radical (unpaired) electrons. The van der Waals surface area contributed by atoms with E-state index in [1.807, 2.05) is 38.1 Å². The number of amides is 1. The molecule has 0 aliphatic heterocycles. The normalized spacial score (nSPS) is 13.1. The predicted octanol–water partition coefficient (Wildman–Crippen LogP) is 1.81. The van der Waals surface area contributed by atoms with Crippen LogP contribution >= 0.6 is 15.9 Å². The Hall–Kier alpha value is -2.29. The monoisotopic (exact) mass is 409 g/mol. The van der Waals surface area contributed by atoms with E-state index in [4.69, 9.17) is 4.74 Å². The van der Waals surface area contributed by atoms with E-state index in [1.54, 1.807) is 0 Å². The van der Waals surface area contributed by atoms with Crippen LogP contribution in [0.3, 0.4) is 0 Å². The van der Waals surface area contributed by atoms with Gasteiger partial charge in [-0.05, 0) is 23.3 Å². The number of nitrogens with zero attached hydrogens (tertiary/aromatic N) is 4. The Labute approximate surface area is 154 Å². The Kier molecular flexibility index (Phi) is 6.63. The van der Waals surface area contributed by atoms with E-state index < -0.39 is 12.0 Å². The van der Waals surface area contributed by atoms with Crippen LogP contribution in [0.25, 0.3) is 11.4 Å². The average molecular weight is 410 g/mol. The van der Waals surface area contributed by atoms with Crippen LogP contribution in [0.15, 0.2) is 28.7 Å². The number of rotatable bonds is 7. The molecule has 1 N–H and O–H groups in total. The first-order valence-electron chi connectivity index (χ1n) is 7.86. The third-order valence-corrected chi connectivity index (χ3v) is 4.53. The van der Waals surface area contributed by atoms with Crippen molar-refractivity contribution in [3.05, 3.63) is 28.7 Å². The van der Waals surface area contributed by atoms with Crippen molar-refractivity contribution in [2.24, 2.45) is 5.92 Å². The lowest BCUT2D eigenvalue weighted by Crippen LogP contribution is -2.46. The van der Waals surface area contributed by atoms with Crippen molar-refractivity contribution < 1.29 is 14.3 Å². The van der Waals surface area contributed by atoms with Gasteiger partial charge in [0.15, 0.2) is 0 Å². The lowest BCUT2D eigenvalue weighted by Gasteiger charge is -2.21. The van der Waals surface area contributed by atoms with E-state index in [9.17, 15) is 9.59 Å². The van der Waals surface area contributed by atoms with Crippen molar-refractivity contribution in [1.82, 2.24) is 25.5 Å². The number of tetrazole rings is 1. The van der Waals surface area contributed by atoms with Crippen molar-refractivity contribution >= 4 is 27.8 Å². The number of ether oxygens (including phenoxy) is 1. The highest BCUT2D eigenvalue weighted by Crippen LogP contribution is 2.24. The molecule has 0 bridgehead atoms. The number of carbonyl (C=O) groups is 2. The van der Waals surface area contributed by atoms with E-state index in [-0.39, 0.29) is 18.4 Å². The molecule has 25 heavy (non-hydrogen) atoms. The topological polar surface area (TPSA) is 99.0 Å². The van der Waals surface area contributed by atoms with Crippen LogP contribution in [0, 0.1) is 5.92 Å². The first-order valence-corrected chi connectivity index (χ1v) is 8.65. The van der Waals surface area contributed by atoms with Gasteiger partial charge in [0.05, 0.1) is 7.11 Å². The number of hydrogen-bond acceptors (Lipinski definition) is 6. The Morgan fingerprint density at radius 1 is 1.36 bits per heavy atom. The molecule has 0 saturated carbocycles. The number of aromatic nitrogens is 4. The Morgan fingerprint density at radius 3 is 2.72 bits per heavy atom. The highest BCUT2D eigenvalue weighted by Gasteiger charge is 2.27. The summed E-state index contributed by atoms with van der Waals surface area (Å²) in [7, 11) is 1.30. The number of esters is 1. The van der Waals surface area contributed by atoms with Gasteiger partial charge >= 0.3 is 5.97 Å². The standard InChI is InChI=1S/C16H20BrN5O3/c1-4-10(2)14(16(24)25-3)18-13(23)9-22-20-15(19-21-22)11-7-5-6-8-12(11)17/h5-8,10,14H,4,9H2,1-3H3,(H,18,23)/t10-,14+/m1/s1. The van der Waals surface area contributed by atoms with Crippen LogP contribution < -0.4 is 5.32 Å². The predicted molar refractivity (Wildman–Crippen MR) is 94.4 cm³/mol. The minimum absolute atomic E-state index is 0.0454. The molecule has 0 fully saturated rings. The van der Waals surface area contributed by atoms with Crippen molar-refractivity contribution in [2.75, 3.05) is 7.11 Å². The number of hydrogen-bond donors (Lipinski definition) is 1. The third-order valence-electron chi connectivity index (χ3n) is 3.84. The van der Waals surface area contributed by atoms with E-state index in [0.29, 0.717) is 5.82 Å². The summed E-state index contributed by atoms with van der Waals surface area (Å²) in [6.07, 6.45) is 0.730. The molecule has 1 heterocycles. The maximum Gasteiger partial charge on any atom is 0.328 e. The first-order chi connectivity index (χ1) is 12.0.